The van der Waals surface area contributed by atoms with Crippen molar-refractivity contribution in [2.45, 2.75) is 13.0 Å². The Kier molecular flexibility index (Phi) is 3.94. The van der Waals surface area contributed by atoms with Crippen molar-refractivity contribution in [2.75, 3.05) is 6.61 Å². The highest BCUT2D eigenvalue weighted by Crippen LogP contribution is 2.10. The number of amides is 1. The molecule has 0 fully saturated rings. The summed E-state index contributed by atoms with van der Waals surface area (Å²) in [7, 11) is 0. The first-order chi connectivity index (χ1) is 6.74. The average Bonchev–Trinajstić information content (AvgIpc) is 2.17. The number of carbonyl (C=O) groups excluding carboxylic acids is 1. The van der Waals surface area contributed by atoms with E-state index in [0.717, 1.165) is 11.1 Å². The van der Waals surface area contributed by atoms with Gasteiger partial charge in [0.2, 0.25) is 0 Å². The van der Waals surface area contributed by atoms with E-state index in [-0.39, 0.29) is 13.2 Å². The van der Waals surface area contributed by atoms with E-state index in [1.54, 1.807) is 0 Å². The van der Waals surface area contributed by atoms with Crippen molar-refractivity contribution >= 4 is 6.09 Å². The highest BCUT2D eigenvalue weighted by Gasteiger charge is 2.02. The van der Waals surface area contributed by atoms with Gasteiger partial charge in [-0.3, -0.25) is 0 Å². The Hall–Kier alpha value is -1.55. The number of carbonyl (C=O) groups is 1. The molecule has 0 aromatic heterocycles. The van der Waals surface area contributed by atoms with Gasteiger partial charge in [-0.2, -0.15) is 0 Å². The number of hydrogen-bond acceptors (Lipinski definition) is 3. The van der Waals surface area contributed by atoms with Gasteiger partial charge in [-0.25, -0.2) is 4.79 Å². The SMILES string of the molecule is NC(=O)OCc1ccccc1CCO. The van der Waals surface area contributed by atoms with Crippen molar-refractivity contribution in [3.63, 3.8) is 0 Å². The molecule has 4 heteroatoms. The van der Waals surface area contributed by atoms with E-state index < -0.39 is 6.09 Å². The van der Waals surface area contributed by atoms with Crippen LogP contribution in [0.5, 0.6) is 0 Å². The molecule has 0 heterocycles. The molecule has 1 aromatic carbocycles. The van der Waals surface area contributed by atoms with Gasteiger partial charge in [-0.15, -0.1) is 0 Å². The monoisotopic (exact) mass is 195 g/mol. The van der Waals surface area contributed by atoms with Gasteiger partial charge in [0.1, 0.15) is 6.61 Å². The summed E-state index contributed by atoms with van der Waals surface area (Å²) in [6.07, 6.45) is -0.234. The third kappa shape index (κ3) is 3.06. The quantitative estimate of drug-likeness (QED) is 0.747. The van der Waals surface area contributed by atoms with E-state index in [9.17, 15) is 4.79 Å². The predicted octanol–water partition coefficient (Wildman–Crippen LogP) is 0.817. The normalized spacial score (nSPS) is 9.79. The van der Waals surface area contributed by atoms with E-state index in [2.05, 4.69) is 4.74 Å². The van der Waals surface area contributed by atoms with Gasteiger partial charge < -0.3 is 15.6 Å². The van der Waals surface area contributed by atoms with Gasteiger partial charge in [0.05, 0.1) is 0 Å². The van der Waals surface area contributed by atoms with Crippen LogP contribution in [0.15, 0.2) is 24.3 Å². The summed E-state index contributed by atoms with van der Waals surface area (Å²) < 4.78 is 4.67. The smallest absolute Gasteiger partial charge is 0.404 e. The lowest BCUT2D eigenvalue weighted by Crippen LogP contribution is -2.13. The minimum absolute atomic E-state index is 0.0770. The van der Waals surface area contributed by atoms with Gasteiger partial charge in [0.15, 0.2) is 0 Å². The van der Waals surface area contributed by atoms with Crippen molar-refractivity contribution in [2.24, 2.45) is 5.73 Å². The molecule has 0 aliphatic rings. The van der Waals surface area contributed by atoms with Crippen molar-refractivity contribution in [1.29, 1.82) is 0 Å². The van der Waals surface area contributed by atoms with Crippen LogP contribution in [0.3, 0.4) is 0 Å². The highest BCUT2D eigenvalue weighted by atomic mass is 16.5. The molecule has 0 bridgehead atoms. The lowest BCUT2D eigenvalue weighted by atomic mass is 10.1. The summed E-state index contributed by atoms with van der Waals surface area (Å²) in [4.78, 5) is 10.4. The van der Waals surface area contributed by atoms with Gasteiger partial charge >= 0.3 is 6.09 Å². The maximum absolute atomic E-state index is 10.4. The second-order valence-electron chi connectivity index (χ2n) is 2.85. The molecular formula is C10H13NO3. The standard InChI is InChI=1S/C10H13NO3/c11-10(13)14-7-9-4-2-1-3-8(9)5-6-12/h1-4,12H,5-7H2,(H2,11,13). The fraction of sp³-hybridized carbons (Fsp3) is 0.300. The summed E-state index contributed by atoms with van der Waals surface area (Å²) in [5, 5.41) is 8.79. The van der Waals surface area contributed by atoms with Gasteiger partial charge in [-0.05, 0) is 17.5 Å². The summed E-state index contributed by atoms with van der Waals surface area (Å²) in [6, 6.07) is 7.45. The zero-order valence-electron chi connectivity index (χ0n) is 7.77. The van der Waals surface area contributed by atoms with E-state index >= 15 is 0 Å². The molecule has 1 amide bonds. The average molecular weight is 195 g/mol. The Morgan fingerprint density at radius 1 is 1.36 bits per heavy atom. The van der Waals surface area contributed by atoms with Crippen LogP contribution < -0.4 is 5.73 Å². The topological polar surface area (TPSA) is 72.6 Å². The molecule has 0 radical (unpaired) electrons. The molecule has 76 valence electrons. The number of nitrogens with two attached hydrogens (primary N) is 1. The van der Waals surface area contributed by atoms with Gasteiger partial charge in [-0.1, -0.05) is 24.3 Å². The van der Waals surface area contributed by atoms with Crippen LogP contribution >= 0.6 is 0 Å². The molecule has 14 heavy (non-hydrogen) atoms. The van der Waals surface area contributed by atoms with Crippen molar-refractivity contribution < 1.29 is 14.6 Å². The molecular weight excluding hydrogens is 182 g/mol. The first kappa shape index (κ1) is 10.5. The third-order valence-electron chi connectivity index (χ3n) is 1.87. The number of hydrogen-bond donors (Lipinski definition) is 2. The van der Waals surface area contributed by atoms with Crippen LogP contribution in [0.2, 0.25) is 0 Å². The Bertz CT molecular complexity index is 312. The zero-order valence-corrected chi connectivity index (χ0v) is 7.77. The maximum Gasteiger partial charge on any atom is 0.404 e. The van der Waals surface area contributed by atoms with Gasteiger partial charge in [0, 0.05) is 6.61 Å². The number of rotatable bonds is 4. The van der Waals surface area contributed by atoms with Crippen LogP contribution in [0.1, 0.15) is 11.1 Å². The summed E-state index contributed by atoms with van der Waals surface area (Å²) in [5.41, 5.74) is 6.70. The number of benzene rings is 1. The minimum Gasteiger partial charge on any atom is -0.445 e. The molecule has 1 aromatic rings. The van der Waals surface area contributed by atoms with E-state index in [4.69, 9.17) is 10.8 Å². The fourth-order valence-electron chi connectivity index (χ4n) is 1.21. The molecule has 0 saturated carbocycles. The molecule has 0 aliphatic heterocycles. The summed E-state index contributed by atoms with van der Waals surface area (Å²) in [6.45, 7) is 0.235. The Labute approximate surface area is 82.3 Å². The molecule has 0 atom stereocenters. The van der Waals surface area contributed by atoms with Crippen LogP contribution in [-0.2, 0) is 17.8 Å². The molecule has 4 nitrogen and oxygen atoms in total. The Balaban J connectivity index is 2.68. The molecule has 0 unspecified atom stereocenters. The maximum atomic E-state index is 10.4. The van der Waals surface area contributed by atoms with Crippen LogP contribution in [-0.4, -0.2) is 17.8 Å². The summed E-state index contributed by atoms with van der Waals surface area (Å²) >= 11 is 0. The molecule has 3 N–H and O–H groups in total. The fourth-order valence-corrected chi connectivity index (χ4v) is 1.21. The van der Waals surface area contributed by atoms with Crippen LogP contribution in [0.25, 0.3) is 0 Å². The second kappa shape index (κ2) is 5.24. The number of aliphatic hydroxyl groups excluding tert-OH is 1. The van der Waals surface area contributed by atoms with E-state index in [1.165, 1.54) is 0 Å². The zero-order chi connectivity index (χ0) is 10.4. The van der Waals surface area contributed by atoms with Crippen molar-refractivity contribution in [1.82, 2.24) is 0 Å². The minimum atomic E-state index is -0.788. The lowest BCUT2D eigenvalue weighted by Gasteiger charge is -2.07. The van der Waals surface area contributed by atoms with Crippen molar-refractivity contribution in [3.8, 4) is 0 Å². The first-order valence-electron chi connectivity index (χ1n) is 4.34. The first-order valence-corrected chi connectivity index (χ1v) is 4.34. The molecule has 1 rings (SSSR count). The highest BCUT2D eigenvalue weighted by molar-refractivity contribution is 5.64. The summed E-state index contributed by atoms with van der Waals surface area (Å²) in [5.74, 6) is 0. The second-order valence-corrected chi connectivity index (χ2v) is 2.85. The van der Waals surface area contributed by atoms with Crippen LogP contribution in [0, 0.1) is 0 Å². The largest absolute Gasteiger partial charge is 0.445 e. The van der Waals surface area contributed by atoms with Gasteiger partial charge in [0.25, 0.3) is 0 Å². The Morgan fingerprint density at radius 2 is 2.00 bits per heavy atom. The number of primary amides is 1. The van der Waals surface area contributed by atoms with E-state index in [1.807, 2.05) is 24.3 Å². The van der Waals surface area contributed by atoms with Crippen molar-refractivity contribution in [3.05, 3.63) is 35.4 Å². The third-order valence-corrected chi connectivity index (χ3v) is 1.87. The predicted molar refractivity (Wildman–Crippen MR) is 51.6 cm³/mol. The Morgan fingerprint density at radius 3 is 2.57 bits per heavy atom. The van der Waals surface area contributed by atoms with Crippen LogP contribution in [0.4, 0.5) is 4.79 Å². The van der Waals surface area contributed by atoms with E-state index in [0.29, 0.717) is 6.42 Å². The lowest BCUT2D eigenvalue weighted by molar-refractivity contribution is 0.150. The number of aliphatic hydroxyl groups is 1. The molecule has 0 saturated heterocycles. The molecule has 0 aliphatic carbocycles. The number of ether oxygens (including phenoxy) is 1. The molecule has 0 spiro atoms.